The molecular formula is C13H17ClN2O5S. The van der Waals surface area contributed by atoms with E-state index < -0.39 is 27.9 Å². The maximum Gasteiger partial charge on any atom is 0.337 e. The average molecular weight is 349 g/mol. The molecule has 0 aliphatic carbocycles. The molecule has 0 aromatic heterocycles. The van der Waals surface area contributed by atoms with Gasteiger partial charge in [0, 0.05) is 6.54 Å². The highest BCUT2D eigenvalue weighted by atomic mass is 35.5. The third-order valence-corrected chi connectivity index (χ3v) is 4.74. The number of rotatable bonds is 6. The van der Waals surface area contributed by atoms with E-state index in [1.165, 1.54) is 32.2 Å². The summed E-state index contributed by atoms with van der Waals surface area (Å²) in [5.41, 5.74) is 0.128. The van der Waals surface area contributed by atoms with Gasteiger partial charge in [-0.25, -0.2) is 13.2 Å². The zero-order valence-corrected chi connectivity index (χ0v) is 13.9. The van der Waals surface area contributed by atoms with Crippen LogP contribution in [0, 0.1) is 0 Å². The summed E-state index contributed by atoms with van der Waals surface area (Å²) >= 11 is 5.91. The zero-order valence-electron chi connectivity index (χ0n) is 12.3. The summed E-state index contributed by atoms with van der Waals surface area (Å²) in [5.74, 6) is -1.08. The molecule has 0 aliphatic heterocycles. The fourth-order valence-corrected chi connectivity index (χ4v) is 3.39. The largest absolute Gasteiger partial charge is 0.465 e. The number of ether oxygens (including phenoxy) is 1. The molecule has 0 fully saturated rings. The van der Waals surface area contributed by atoms with Gasteiger partial charge in [0.1, 0.15) is 4.90 Å². The van der Waals surface area contributed by atoms with Gasteiger partial charge in [0.25, 0.3) is 0 Å². The predicted molar refractivity (Wildman–Crippen MR) is 81.3 cm³/mol. The predicted octanol–water partition coefficient (Wildman–Crippen LogP) is 0.929. The molecule has 1 amide bonds. The zero-order chi connectivity index (χ0) is 16.9. The third kappa shape index (κ3) is 4.43. The summed E-state index contributed by atoms with van der Waals surface area (Å²) in [6.07, 6.45) is 0. The normalized spacial score (nSPS) is 12.5. The Bertz CT molecular complexity index is 675. The van der Waals surface area contributed by atoms with E-state index in [9.17, 15) is 18.0 Å². The van der Waals surface area contributed by atoms with E-state index in [1.807, 2.05) is 0 Å². The Labute approximate surface area is 134 Å². The van der Waals surface area contributed by atoms with Crippen molar-refractivity contribution in [3.63, 3.8) is 0 Å². The first-order chi connectivity index (χ1) is 10.2. The fourth-order valence-electron chi connectivity index (χ4n) is 1.64. The van der Waals surface area contributed by atoms with Gasteiger partial charge in [-0.2, -0.15) is 4.72 Å². The van der Waals surface area contributed by atoms with E-state index in [-0.39, 0.29) is 15.5 Å². The monoisotopic (exact) mass is 348 g/mol. The Balaban J connectivity index is 3.03. The van der Waals surface area contributed by atoms with Crippen LogP contribution < -0.4 is 10.0 Å². The molecule has 1 aromatic rings. The first-order valence-corrected chi connectivity index (χ1v) is 8.27. The molecule has 0 bridgehead atoms. The lowest BCUT2D eigenvalue weighted by molar-refractivity contribution is -0.122. The topological polar surface area (TPSA) is 102 Å². The van der Waals surface area contributed by atoms with Gasteiger partial charge >= 0.3 is 5.97 Å². The quantitative estimate of drug-likeness (QED) is 0.745. The molecule has 1 rings (SSSR count). The molecule has 0 heterocycles. The molecule has 22 heavy (non-hydrogen) atoms. The second-order valence-corrected chi connectivity index (χ2v) is 6.46. The fraction of sp³-hybridized carbons (Fsp3) is 0.385. The minimum atomic E-state index is -4.00. The molecule has 122 valence electrons. The summed E-state index contributed by atoms with van der Waals surface area (Å²) in [6, 6.07) is 2.70. The van der Waals surface area contributed by atoms with Crippen molar-refractivity contribution in [1.29, 1.82) is 0 Å². The van der Waals surface area contributed by atoms with Gasteiger partial charge in [-0.3, -0.25) is 4.79 Å². The smallest absolute Gasteiger partial charge is 0.337 e. The van der Waals surface area contributed by atoms with Crippen molar-refractivity contribution in [1.82, 2.24) is 10.0 Å². The molecule has 1 atom stereocenters. The second-order valence-electron chi connectivity index (χ2n) is 4.37. The van der Waals surface area contributed by atoms with E-state index in [0.29, 0.717) is 6.54 Å². The van der Waals surface area contributed by atoms with Gasteiger partial charge in [-0.05, 0) is 32.0 Å². The highest BCUT2D eigenvalue weighted by Crippen LogP contribution is 2.23. The number of hydrogen-bond acceptors (Lipinski definition) is 5. The van der Waals surface area contributed by atoms with Crippen LogP contribution in [-0.2, 0) is 19.6 Å². The van der Waals surface area contributed by atoms with Crippen LogP contribution in [0.4, 0.5) is 0 Å². The number of esters is 1. The lowest BCUT2D eigenvalue weighted by Crippen LogP contribution is -2.44. The summed E-state index contributed by atoms with van der Waals surface area (Å²) in [5, 5.41) is 2.37. The number of carbonyl (C=O) groups is 2. The molecule has 2 N–H and O–H groups in total. The SMILES string of the molecule is CCNC(=O)[C@@H](C)NS(=O)(=O)c1ccc(C(=O)OC)cc1Cl. The van der Waals surface area contributed by atoms with Gasteiger partial charge in [-0.15, -0.1) is 0 Å². The van der Waals surface area contributed by atoms with Crippen LogP contribution in [0.3, 0.4) is 0 Å². The molecule has 0 saturated heterocycles. The average Bonchev–Trinajstić information content (AvgIpc) is 2.45. The Morgan fingerprint density at radius 3 is 2.50 bits per heavy atom. The molecule has 0 unspecified atom stereocenters. The van der Waals surface area contributed by atoms with E-state index in [2.05, 4.69) is 14.8 Å². The summed E-state index contributed by atoms with van der Waals surface area (Å²) in [4.78, 5) is 22.7. The Morgan fingerprint density at radius 2 is 2.00 bits per heavy atom. The van der Waals surface area contributed by atoms with Crippen LogP contribution in [0.2, 0.25) is 5.02 Å². The van der Waals surface area contributed by atoms with Gasteiger partial charge in [0.05, 0.1) is 23.7 Å². The molecule has 1 aromatic carbocycles. The molecule has 0 spiro atoms. The van der Waals surface area contributed by atoms with Crippen molar-refractivity contribution in [3.05, 3.63) is 28.8 Å². The molecule has 7 nitrogen and oxygen atoms in total. The van der Waals surface area contributed by atoms with E-state index >= 15 is 0 Å². The van der Waals surface area contributed by atoms with Crippen molar-refractivity contribution >= 4 is 33.5 Å². The molecule has 0 radical (unpaired) electrons. The number of benzene rings is 1. The summed E-state index contributed by atoms with van der Waals surface area (Å²) in [7, 11) is -2.79. The Hall–Kier alpha value is -1.64. The van der Waals surface area contributed by atoms with Crippen LogP contribution in [0.15, 0.2) is 23.1 Å². The van der Waals surface area contributed by atoms with Crippen molar-refractivity contribution in [2.45, 2.75) is 24.8 Å². The maximum atomic E-state index is 12.2. The number of carbonyl (C=O) groups excluding carboxylic acids is 2. The Kier molecular flexibility index (Phi) is 6.34. The Morgan fingerprint density at radius 1 is 1.36 bits per heavy atom. The van der Waals surface area contributed by atoms with Crippen LogP contribution in [0.5, 0.6) is 0 Å². The lowest BCUT2D eigenvalue weighted by Gasteiger charge is -2.14. The minimum Gasteiger partial charge on any atom is -0.465 e. The highest BCUT2D eigenvalue weighted by molar-refractivity contribution is 7.89. The van der Waals surface area contributed by atoms with E-state index in [1.54, 1.807) is 6.92 Å². The van der Waals surface area contributed by atoms with E-state index in [4.69, 9.17) is 11.6 Å². The number of halogens is 1. The van der Waals surface area contributed by atoms with Gasteiger partial charge in [0.15, 0.2) is 0 Å². The number of nitrogens with one attached hydrogen (secondary N) is 2. The minimum absolute atomic E-state index is 0.128. The number of sulfonamides is 1. The van der Waals surface area contributed by atoms with Crippen LogP contribution in [-0.4, -0.2) is 40.0 Å². The number of likely N-dealkylation sites (N-methyl/N-ethyl adjacent to an activating group) is 1. The molecule has 0 saturated carbocycles. The first kappa shape index (κ1) is 18.4. The molecule has 0 aliphatic rings. The lowest BCUT2D eigenvalue weighted by atomic mass is 10.2. The standard InChI is InChI=1S/C13H17ClN2O5S/c1-4-15-12(17)8(2)16-22(19,20)11-6-5-9(7-10(11)14)13(18)21-3/h5-8,16H,4H2,1-3H3,(H,15,17)/t8-/m1/s1. The number of methoxy groups -OCH3 is 1. The van der Waals surface area contributed by atoms with Crippen LogP contribution >= 0.6 is 11.6 Å². The summed E-state index contributed by atoms with van der Waals surface area (Å²) < 4.78 is 31.2. The highest BCUT2D eigenvalue weighted by Gasteiger charge is 2.24. The van der Waals surface area contributed by atoms with Gasteiger partial charge in [-0.1, -0.05) is 11.6 Å². The van der Waals surface area contributed by atoms with E-state index in [0.717, 1.165) is 0 Å². The number of hydrogen-bond donors (Lipinski definition) is 2. The van der Waals surface area contributed by atoms with Crippen LogP contribution in [0.1, 0.15) is 24.2 Å². The van der Waals surface area contributed by atoms with Crippen molar-refractivity contribution in [3.8, 4) is 0 Å². The van der Waals surface area contributed by atoms with Crippen molar-refractivity contribution in [2.24, 2.45) is 0 Å². The third-order valence-electron chi connectivity index (χ3n) is 2.72. The molecular weight excluding hydrogens is 332 g/mol. The van der Waals surface area contributed by atoms with Crippen LogP contribution in [0.25, 0.3) is 0 Å². The first-order valence-electron chi connectivity index (χ1n) is 6.40. The van der Waals surface area contributed by atoms with Crippen molar-refractivity contribution in [2.75, 3.05) is 13.7 Å². The maximum absolute atomic E-state index is 12.2. The van der Waals surface area contributed by atoms with Crippen molar-refractivity contribution < 1.29 is 22.7 Å². The molecule has 9 heteroatoms. The summed E-state index contributed by atoms with van der Waals surface area (Å²) in [6.45, 7) is 3.53. The van der Waals surface area contributed by atoms with Gasteiger partial charge in [0.2, 0.25) is 15.9 Å². The van der Waals surface area contributed by atoms with Gasteiger partial charge < -0.3 is 10.1 Å². The second kappa shape index (κ2) is 7.57. The number of amides is 1.